The standard InChI is InChI=1S/C15H21N3OS/c1-3-20-14-10-11(16)9-13-12(14)6-8-18(13)7-4-5-15(19)17-2/h6,8-10H,3-5,7,16H2,1-2H3,(H,17,19). The molecular weight excluding hydrogens is 270 g/mol. The van der Waals surface area contributed by atoms with E-state index >= 15 is 0 Å². The normalized spacial score (nSPS) is 10.9. The van der Waals surface area contributed by atoms with Crippen LogP contribution >= 0.6 is 11.8 Å². The molecule has 0 fully saturated rings. The predicted octanol–water partition coefficient (Wildman–Crippen LogP) is 2.86. The summed E-state index contributed by atoms with van der Waals surface area (Å²) in [7, 11) is 1.67. The van der Waals surface area contributed by atoms with Gasteiger partial charge in [0, 0.05) is 42.2 Å². The molecule has 0 aliphatic rings. The van der Waals surface area contributed by atoms with Crippen LogP contribution in [0.5, 0.6) is 0 Å². The molecule has 0 spiro atoms. The van der Waals surface area contributed by atoms with E-state index in [1.165, 1.54) is 10.3 Å². The second-order valence-electron chi connectivity index (χ2n) is 4.67. The molecular formula is C15H21N3OS. The third-order valence-electron chi connectivity index (χ3n) is 3.25. The predicted molar refractivity (Wildman–Crippen MR) is 86.0 cm³/mol. The minimum atomic E-state index is 0.0863. The number of aromatic nitrogens is 1. The van der Waals surface area contributed by atoms with Gasteiger partial charge in [-0.25, -0.2) is 0 Å². The molecule has 20 heavy (non-hydrogen) atoms. The molecule has 1 amide bonds. The van der Waals surface area contributed by atoms with Crippen LogP contribution in [0, 0.1) is 0 Å². The number of anilines is 1. The Kier molecular flexibility index (Phi) is 4.95. The summed E-state index contributed by atoms with van der Waals surface area (Å²) in [5.74, 6) is 1.11. The van der Waals surface area contributed by atoms with E-state index in [9.17, 15) is 4.79 Å². The first kappa shape index (κ1) is 14.8. The van der Waals surface area contributed by atoms with Gasteiger partial charge in [-0.2, -0.15) is 0 Å². The summed E-state index contributed by atoms with van der Waals surface area (Å²) in [5, 5.41) is 3.89. The van der Waals surface area contributed by atoms with E-state index in [-0.39, 0.29) is 5.91 Å². The minimum Gasteiger partial charge on any atom is -0.399 e. The second kappa shape index (κ2) is 6.70. The van der Waals surface area contributed by atoms with Crippen molar-refractivity contribution in [2.75, 3.05) is 18.5 Å². The van der Waals surface area contributed by atoms with Crippen molar-refractivity contribution in [1.29, 1.82) is 0 Å². The van der Waals surface area contributed by atoms with Crippen LogP contribution in [-0.4, -0.2) is 23.3 Å². The number of aryl methyl sites for hydroxylation is 1. The van der Waals surface area contributed by atoms with Gasteiger partial charge in [-0.1, -0.05) is 6.92 Å². The summed E-state index contributed by atoms with van der Waals surface area (Å²) >= 11 is 1.81. The zero-order chi connectivity index (χ0) is 14.5. The van der Waals surface area contributed by atoms with Gasteiger partial charge in [0.05, 0.1) is 5.52 Å². The average molecular weight is 291 g/mol. The number of amides is 1. The molecule has 0 aliphatic heterocycles. The molecule has 2 aromatic rings. The van der Waals surface area contributed by atoms with Gasteiger partial charge in [-0.05, 0) is 30.4 Å². The molecule has 1 heterocycles. The maximum atomic E-state index is 11.3. The number of fused-ring (bicyclic) bond motifs is 1. The average Bonchev–Trinajstić information content (AvgIpc) is 2.82. The number of nitrogen functional groups attached to an aromatic ring is 1. The Hall–Kier alpha value is -1.62. The van der Waals surface area contributed by atoms with Crippen molar-refractivity contribution < 1.29 is 4.79 Å². The van der Waals surface area contributed by atoms with Gasteiger partial charge in [0.1, 0.15) is 0 Å². The van der Waals surface area contributed by atoms with Crippen LogP contribution in [0.2, 0.25) is 0 Å². The van der Waals surface area contributed by atoms with Crippen molar-refractivity contribution in [2.45, 2.75) is 31.2 Å². The Bertz CT molecular complexity index is 606. The summed E-state index contributed by atoms with van der Waals surface area (Å²) in [4.78, 5) is 12.5. The third kappa shape index (κ3) is 3.28. The first-order chi connectivity index (χ1) is 9.65. The highest BCUT2D eigenvalue weighted by atomic mass is 32.2. The van der Waals surface area contributed by atoms with E-state index < -0.39 is 0 Å². The lowest BCUT2D eigenvalue weighted by molar-refractivity contribution is -0.120. The van der Waals surface area contributed by atoms with Crippen LogP contribution in [0.1, 0.15) is 19.8 Å². The summed E-state index contributed by atoms with van der Waals surface area (Å²) in [5.41, 5.74) is 7.93. The molecule has 2 rings (SSSR count). The number of nitrogens with one attached hydrogen (secondary N) is 1. The Balaban J connectivity index is 2.20. The van der Waals surface area contributed by atoms with Gasteiger partial charge < -0.3 is 15.6 Å². The number of carbonyl (C=O) groups excluding carboxylic acids is 1. The summed E-state index contributed by atoms with van der Waals surface area (Å²) in [6.07, 6.45) is 3.46. The number of carbonyl (C=O) groups is 1. The molecule has 4 nitrogen and oxygen atoms in total. The van der Waals surface area contributed by atoms with Crippen molar-refractivity contribution in [3.8, 4) is 0 Å². The van der Waals surface area contributed by atoms with Crippen LogP contribution < -0.4 is 11.1 Å². The number of nitrogens with two attached hydrogens (primary N) is 1. The first-order valence-electron chi connectivity index (χ1n) is 6.87. The highest BCUT2D eigenvalue weighted by Crippen LogP contribution is 2.31. The molecule has 3 N–H and O–H groups in total. The fourth-order valence-corrected chi connectivity index (χ4v) is 3.15. The number of hydrogen-bond acceptors (Lipinski definition) is 3. The number of thioether (sulfide) groups is 1. The van der Waals surface area contributed by atoms with E-state index in [0.717, 1.165) is 29.9 Å². The lowest BCUT2D eigenvalue weighted by atomic mass is 10.2. The monoisotopic (exact) mass is 291 g/mol. The molecule has 0 bridgehead atoms. The molecule has 0 saturated heterocycles. The Morgan fingerprint density at radius 1 is 1.45 bits per heavy atom. The van der Waals surface area contributed by atoms with Crippen LogP contribution in [0.25, 0.3) is 10.9 Å². The van der Waals surface area contributed by atoms with Crippen LogP contribution in [0.4, 0.5) is 5.69 Å². The topological polar surface area (TPSA) is 60.0 Å². The van der Waals surface area contributed by atoms with Crippen LogP contribution in [0.15, 0.2) is 29.3 Å². The fourth-order valence-electron chi connectivity index (χ4n) is 2.29. The molecule has 0 atom stereocenters. The fraction of sp³-hybridized carbons (Fsp3) is 0.400. The zero-order valence-electron chi connectivity index (χ0n) is 12.0. The van der Waals surface area contributed by atoms with E-state index in [4.69, 9.17) is 5.73 Å². The SMILES string of the molecule is CCSc1cc(N)cc2c1ccn2CCCC(=O)NC. The highest BCUT2D eigenvalue weighted by molar-refractivity contribution is 7.99. The van der Waals surface area contributed by atoms with E-state index in [1.54, 1.807) is 7.05 Å². The van der Waals surface area contributed by atoms with Gasteiger partial charge in [0.2, 0.25) is 5.91 Å². The smallest absolute Gasteiger partial charge is 0.219 e. The van der Waals surface area contributed by atoms with Crippen molar-refractivity contribution in [1.82, 2.24) is 9.88 Å². The number of nitrogens with zero attached hydrogens (tertiary/aromatic N) is 1. The molecule has 1 aromatic heterocycles. The van der Waals surface area contributed by atoms with Gasteiger partial charge in [0.15, 0.2) is 0 Å². The van der Waals surface area contributed by atoms with Gasteiger partial charge in [0.25, 0.3) is 0 Å². The number of benzene rings is 1. The molecule has 5 heteroatoms. The second-order valence-corrected chi connectivity index (χ2v) is 5.98. The largest absolute Gasteiger partial charge is 0.399 e. The first-order valence-corrected chi connectivity index (χ1v) is 7.86. The molecule has 0 saturated carbocycles. The molecule has 0 unspecified atom stereocenters. The third-order valence-corrected chi connectivity index (χ3v) is 4.19. The van der Waals surface area contributed by atoms with E-state index in [1.807, 2.05) is 23.9 Å². The quantitative estimate of drug-likeness (QED) is 0.635. The summed E-state index contributed by atoms with van der Waals surface area (Å²) in [6.45, 7) is 2.97. The summed E-state index contributed by atoms with van der Waals surface area (Å²) < 4.78 is 2.17. The lowest BCUT2D eigenvalue weighted by Crippen LogP contribution is -2.17. The Morgan fingerprint density at radius 2 is 2.25 bits per heavy atom. The van der Waals surface area contributed by atoms with Gasteiger partial charge in [-0.3, -0.25) is 4.79 Å². The molecule has 1 aromatic carbocycles. The molecule has 0 aliphatic carbocycles. The maximum Gasteiger partial charge on any atom is 0.219 e. The molecule has 0 radical (unpaired) electrons. The van der Waals surface area contributed by atoms with Gasteiger partial charge >= 0.3 is 0 Å². The van der Waals surface area contributed by atoms with E-state index in [2.05, 4.69) is 29.1 Å². The van der Waals surface area contributed by atoms with Crippen LogP contribution in [0.3, 0.4) is 0 Å². The molecule has 108 valence electrons. The van der Waals surface area contributed by atoms with Crippen LogP contribution in [-0.2, 0) is 11.3 Å². The lowest BCUT2D eigenvalue weighted by Gasteiger charge is -2.08. The zero-order valence-corrected chi connectivity index (χ0v) is 12.8. The minimum absolute atomic E-state index is 0.0863. The van der Waals surface area contributed by atoms with Crippen molar-refractivity contribution in [3.05, 3.63) is 24.4 Å². The van der Waals surface area contributed by atoms with E-state index in [0.29, 0.717) is 6.42 Å². The maximum absolute atomic E-state index is 11.3. The Morgan fingerprint density at radius 3 is 2.95 bits per heavy atom. The summed E-state index contributed by atoms with van der Waals surface area (Å²) in [6, 6.07) is 6.17. The van der Waals surface area contributed by atoms with Gasteiger partial charge in [-0.15, -0.1) is 11.8 Å². The Labute approximate surface area is 123 Å². The number of rotatable bonds is 6. The number of hydrogen-bond donors (Lipinski definition) is 2. The van der Waals surface area contributed by atoms with Crippen molar-refractivity contribution in [2.24, 2.45) is 0 Å². The highest BCUT2D eigenvalue weighted by Gasteiger charge is 2.08. The van der Waals surface area contributed by atoms with Crippen molar-refractivity contribution >= 4 is 34.3 Å². The van der Waals surface area contributed by atoms with Crippen molar-refractivity contribution in [3.63, 3.8) is 0 Å².